The highest BCUT2D eigenvalue weighted by Crippen LogP contribution is 2.40. The van der Waals surface area contributed by atoms with Gasteiger partial charge in [0.2, 0.25) is 0 Å². The maximum Gasteiger partial charge on any atom is 0.341 e. The molecule has 32 heavy (non-hydrogen) atoms. The van der Waals surface area contributed by atoms with Gasteiger partial charge in [0, 0.05) is 14.9 Å². The van der Waals surface area contributed by atoms with Crippen molar-refractivity contribution in [2.45, 2.75) is 26.7 Å². The Hall–Kier alpha value is -2.16. The number of carbonyl (C=O) groups is 2. The molecule has 0 unspecified atom stereocenters. The zero-order chi connectivity index (χ0) is 23.3. The van der Waals surface area contributed by atoms with Crippen LogP contribution < -0.4 is 10.1 Å². The van der Waals surface area contributed by atoms with Gasteiger partial charge in [0.25, 0.3) is 5.91 Å². The summed E-state index contributed by atoms with van der Waals surface area (Å²) in [6, 6.07) is 13.5. The third-order valence-corrected chi connectivity index (χ3v) is 6.92. The summed E-state index contributed by atoms with van der Waals surface area (Å²) in [5, 5.41) is 3.26. The van der Waals surface area contributed by atoms with E-state index < -0.39 is 5.97 Å². The largest absolute Gasteiger partial charge is 0.483 e. The molecule has 3 rings (SSSR count). The summed E-state index contributed by atoms with van der Waals surface area (Å²) in [5.41, 5.74) is 3.17. The lowest BCUT2D eigenvalue weighted by molar-refractivity contribution is -0.118. The molecule has 0 saturated heterocycles. The van der Waals surface area contributed by atoms with Gasteiger partial charge in [0.15, 0.2) is 6.61 Å². The third-order valence-electron chi connectivity index (χ3n) is 4.75. The number of benzene rings is 2. The normalized spacial score (nSPS) is 10.7. The number of nitrogens with one attached hydrogen (secondary N) is 1. The Bertz CT molecular complexity index is 1130. The van der Waals surface area contributed by atoms with Crippen LogP contribution in [-0.2, 0) is 16.0 Å². The first-order valence-electron chi connectivity index (χ1n) is 10.0. The second-order valence-corrected chi connectivity index (χ2v) is 10.1. The van der Waals surface area contributed by atoms with Gasteiger partial charge in [-0.1, -0.05) is 47.5 Å². The summed E-state index contributed by atoms with van der Waals surface area (Å²) in [6.07, 6.45) is 2.04. The highest BCUT2D eigenvalue weighted by atomic mass is 79.9. The lowest BCUT2D eigenvalue weighted by Gasteiger charge is -2.11. The van der Waals surface area contributed by atoms with E-state index in [2.05, 4.69) is 44.1 Å². The van der Waals surface area contributed by atoms with Crippen LogP contribution in [0.1, 0.15) is 34.1 Å². The Morgan fingerprint density at radius 3 is 2.44 bits per heavy atom. The summed E-state index contributed by atoms with van der Waals surface area (Å²) in [6.45, 7) is 3.85. The molecule has 0 aliphatic carbocycles. The number of anilines is 1. The van der Waals surface area contributed by atoms with Crippen LogP contribution in [-0.4, -0.2) is 25.6 Å². The van der Waals surface area contributed by atoms with E-state index in [0.717, 1.165) is 37.8 Å². The topological polar surface area (TPSA) is 64.6 Å². The van der Waals surface area contributed by atoms with Crippen molar-refractivity contribution in [2.75, 3.05) is 19.0 Å². The van der Waals surface area contributed by atoms with E-state index in [1.165, 1.54) is 24.0 Å². The lowest BCUT2D eigenvalue weighted by atomic mass is 10.0. The highest BCUT2D eigenvalue weighted by molar-refractivity contribution is 9.10. The van der Waals surface area contributed by atoms with Crippen molar-refractivity contribution in [3.05, 3.63) is 67.4 Å². The fourth-order valence-electron chi connectivity index (χ4n) is 3.31. The molecule has 8 heteroatoms. The molecule has 0 atom stereocenters. The number of halogens is 2. The number of rotatable bonds is 8. The summed E-state index contributed by atoms with van der Waals surface area (Å²) < 4.78 is 12.4. The molecule has 0 fully saturated rings. The molecule has 1 N–H and O–H groups in total. The predicted molar refractivity (Wildman–Crippen MR) is 136 cm³/mol. The molecule has 2 aromatic carbocycles. The minimum absolute atomic E-state index is 0.184. The number of hydrogen-bond donors (Lipinski definition) is 1. The molecule has 1 aromatic heterocycles. The minimum atomic E-state index is -0.502. The molecule has 168 valence electrons. The number of hydrogen-bond acceptors (Lipinski definition) is 5. The fraction of sp³-hybridized carbons (Fsp3) is 0.250. The van der Waals surface area contributed by atoms with E-state index in [1.54, 1.807) is 0 Å². The standard InChI is InChI=1S/C24H23Br2NO4S/c1-4-5-15-6-11-19(18(26)12-15)31-13-20(28)27-23-22(24(29)30-3)21(14(2)32-23)16-7-9-17(25)10-8-16/h6-12H,4-5,13H2,1-3H3,(H,27,28). The molecule has 0 aliphatic rings. The van der Waals surface area contributed by atoms with Gasteiger partial charge in [-0.05, 0) is 64.7 Å². The first-order valence-corrected chi connectivity index (χ1v) is 12.4. The number of carbonyl (C=O) groups excluding carboxylic acids is 2. The maximum absolute atomic E-state index is 12.6. The van der Waals surface area contributed by atoms with E-state index in [9.17, 15) is 9.59 Å². The molecule has 5 nitrogen and oxygen atoms in total. The number of thiophene rings is 1. The Balaban J connectivity index is 1.79. The second-order valence-electron chi connectivity index (χ2n) is 7.09. The number of ether oxygens (including phenoxy) is 2. The Kier molecular flexibility index (Phi) is 8.51. The quantitative estimate of drug-likeness (QED) is 0.291. The van der Waals surface area contributed by atoms with Crippen molar-refractivity contribution in [2.24, 2.45) is 0 Å². The van der Waals surface area contributed by atoms with Crippen molar-refractivity contribution in [1.29, 1.82) is 0 Å². The smallest absolute Gasteiger partial charge is 0.341 e. The van der Waals surface area contributed by atoms with Crippen LogP contribution >= 0.6 is 43.2 Å². The van der Waals surface area contributed by atoms with Crippen LogP contribution in [0, 0.1) is 6.92 Å². The van der Waals surface area contributed by atoms with Crippen LogP contribution in [0.3, 0.4) is 0 Å². The number of aryl methyl sites for hydroxylation is 2. The van der Waals surface area contributed by atoms with Crippen molar-refractivity contribution in [3.63, 3.8) is 0 Å². The van der Waals surface area contributed by atoms with Crippen molar-refractivity contribution in [1.82, 2.24) is 0 Å². The van der Waals surface area contributed by atoms with E-state index in [-0.39, 0.29) is 12.5 Å². The van der Waals surface area contributed by atoms with Gasteiger partial charge >= 0.3 is 5.97 Å². The zero-order valence-electron chi connectivity index (χ0n) is 18.0. The Labute approximate surface area is 208 Å². The van der Waals surface area contributed by atoms with Gasteiger partial charge in [-0.15, -0.1) is 11.3 Å². The minimum Gasteiger partial charge on any atom is -0.483 e. The maximum atomic E-state index is 12.6. The van der Waals surface area contributed by atoms with Gasteiger partial charge in [-0.2, -0.15) is 0 Å². The van der Waals surface area contributed by atoms with Crippen LogP contribution in [0.25, 0.3) is 11.1 Å². The zero-order valence-corrected chi connectivity index (χ0v) is 21.9. The number of methoxy groups -OCH3 is 1. The fourth-order valence-corrected chi connectivity index (χ4v) is 5.19. The lowest BCUT2D eigenvalue weighted by Crippen LogP contribution is -2.21. The van der Waals surface area contributed by atoms with Gasteiger partial charge < -0.3 is 14.8 Å². The highest BCUT2D eigenvalue weighted by Gasteiger charge is 2.25. The Morgan fingerprint density at radius 1 is 1.09 bits per heavy atom. The molecule has 3 aromatic rings. The predicted octanol–water partition coefficient (Wildman–Crippen LogP) is 7.01. The molecule has 1 amide bonds. The first-order chi connectivity index (χ1) is 15.3. The molecule has 1 heterocycles. The number of amides is 1. The van der Waals surface area contributed by atoms with E-state index in [0.29, 0.717) is 16.3 Å². The molecular formula is C24H23Br2NO4S. The van der Waals surface area contributed by atoms with Crippen molar-refractivity contribution < 1.29 is 19.1 Å². The summed E-state index contributed by atoms with van der Waals surface area (Å²) in [5.74, 6) is -0.271. The first kappa shape index (κ1) is 24.5. The van der Waals surface area contributed by atoms with Crippen LogP contribution in [0.4, 0.5) is 5.00 Å². The van der Waals surface area contributed by atoms with Gasteiger partial charge in [-0.3, -0.25) is 4.79 Å². The van der Waals surface area contributed by atoms with Crippen LogP contribution in [0.5, 0.6) is 5.75 Å². The molecule has 0 radical (unpaired) electrons. The average molecular weight is 581 g/mol. The summed E-state index contributed by atoms with van der Waals surface area (Å²) in [4.78, 5) is 26.1. The van der Waals surface area contributed by atoms with Crippen LogP contribution in [0.15, 0.2) is 51.4 Å². The number of esters is 1. The molecule has 0 spiro atoms. The van der Waals surface area contributed by atoms with Crippen LogP contribution in [0.2, 0.25) is 0 Å². The third kappa shape index (κ3) is 5.79. The summed E-state index contributed by atoms with van der Waals surface area (Å²) >= 11 is 8.26. The van der Waals surface area contributed by atoms with Crippen molar-refractivity contribution in [3.8, 4) is 16.9 Å². The van der Waals surface area contributed by atoms with E-state index in [4.69, 9.17) is 9.47 Å². The molecule has 0 bridgehead atoms. The Morgan fingerprint density at radius 2 is 1.81 bits per heavy atom. The van der Waals surface area contributed by atoms with E-state index >= 15 is 0 Å². The van der Waals surface area contributed by atoms with Gasteiger partial charge in [0.1, 0.15) is 16.3 Å². The van der Waals surface area contributed by atoms with Gasteiger partial charge in [-0.25, -0.2) is 4.79 Å². The van der Waals surface area contributed by atoms with Crippen molar-refractivity contribution >= 4 is 60.1 Å². The monoisotopic (exact) mass is 579 g/mol. The molecular weight excluding hydrogens is 558 g/mol. The summed E-state index contributed by atoms with van der Waals surface area (Å²) in [7, 11) is 1.33. The SMILES string of the molecule is CCCc1ccc(OCC(=O)Nc2sc(C)c(-c3ccc(Br)cc3)c2C(=O)OC)c(Br)c1. The average Bonchev–Trinajstić information content (AvgIpc) is 3.08. The second kappa shape index (κ2) is 11.1. The van der Waals surface area contributed by atoms with Gasteiger partial charge in [0.05, 0.1) is 11.6 Å². The molecule has 0 saturated carbocycles. The van der Waals surface area contributed by atoms with E-state index in [1.807, 2.05) is 49.4 Å². The molecule has 0 aliphatic heterocycles.